The van der Waals surface area contributed by atoms with Crippen LogP contribution in [-0.2, 0) is 0 Å². The number of hydrogen-bond acceptors (Lipinski definition) is 5. The molecule has 0 aliphatic heterocycles. The molecule has 2 N–H and O–H groups in total. The number of carbonyl (C=O) groups is 2. The molecule has 0 spiro atoms. The maximum Gasteiger partial charge on any atom is 0.289 e. The number of rotatable bonds is 4. The average Bonchev–Trinajstić information content (AvgIpc) is 3.43. The van der Waals surface area contributed by atoms with Gasteiger partial charge < -0.3 is 0 Å². The van der Waals surface area contributed by atoms with Gasteiger partial charge in [0.15, 0.2) is 0 Å². The fourth-order valence-corrected chi connectivity index (χ4v) is 3.16. The van der Waals surface area contributed by atoms with Gasteiger partial charge in [0.05, 0.1) is 16.8 Å². The second-order valence-corrected chi connectivity index (χ2v) is 6.54. The summed E-state index contributed by atoms with van der Waals surface area (Å²) in [6, 6.07) is 18.9. The summed E-state index contributed by atoms with van der Waals surface area (Å²) in [4.78, 5) is 28.7. The first-order valence-corrected chi connectivity index (χ1v) is 9.36. The molecule has 0 fully saturated rings. The Kier molecular flexibility index (Phi) is 4.94. The fourth-order valence-electron chi connectivity index (χ4n) is 2.63. The van der Waals surface area contributed by atoms with Crippen molar-refractivity contribution in [2.45, 2.75) is 0 Å². The Bertz CT molecular complexity index is 1090. The Balaban J connectivity index is 1.63. The van der Waals surface area contributed by atoms with E-state index in [1.165, 1.54) is 11.3 Å². The normalized spacial score (nSPS) is 10.4. The minimum absolute atomic E-state index is 0.244. The van der Waals surface area contributed by atoms with E-state index in [9.17, 15) is 9.59 Å². The summed E-state index contributed by atoms with van der Waals surface area (Å²) in [6.07, 6.45) is 1.64. The number of thiazole rings is 1. The largest absolute Gasteiger partial charge is 0.289 e. The fraction of sp³-hybridized carbons (Fsp3) is 0. The predicted molar refractivity (Wildman–Crippen MR) is 106 cm³/mol. The lowest BCUT2D eigenvalue weighted by Crippen LogP contribution is -2.41. The van der Waals surface area contributed by atoms with E-state index in [1.54, 1.807) is 21.8 Å². The number of nitrogens with one attached hydrogen (secondary N) is 2. The Morgan fingerprint density at radius 3 is 2.25 bits per heavy atom. The van der Waals surface area contributed by atoms with Crippen molar-refractivity contribution in [1.29, 1.82) is 0 Å². The van der Waals surface area contributed by atoms with Gasteiger partial charge >= 0.3 is 0 Å². The quantitative estimate of drug-likeness (QED) is 0.525. The second-order valence-electron chi connectivity index (χ2n) is 5.82. The van der Waals surface area contributed by atoms with Crippen molar-refractivity contribution in [3.8, 4) is 16.9 Å². The number of para-hydroxylation sites is 1. The van der Waals surface area contributed by atoms with Crippen LogP contribution in [0.5, 0.6) is 0 Å². The molecule has 138 valence electrons. The first-order valence-electron chi connectivity index (χ1n) is 8.42. The topological polar surface area (TPSA) is 88.9 Å². The number of carbonyl (C=O) groups excluding carboxylic acids is 2. The van der Waals surface area contributed by atoms with Gasteiger partial charge in [0.25, 0.3) is 11.8 Å². The Morgan fingerprint density at radius 2 is 1.57 bits per heavy atom. The Labute approximate surface area is 164 Å². The molecule has 0 aliphatic rings. The summed E-state index contributed by atoms with van der Waals surface area (Å²) in [6.45, 7) is 0. The van der Waals surface area contributed by atoms with Crippen LogP contribution in [0.4, 0.5) is 0 Å². The standard InChI is InChI=1S/C20H15N5O2S/c26-19(22-23-20(27)17-12-28-13-21-17)16-11-25(15-9-5-2-6-10-15)24-18(16)14-7-3-1-4-8-14/h1-13H,(H,22,26)(H,23,27). The van der Waals surface area contributed by atoms with Crippen LogP contribution >= 0.6 is 11.3 Å². The van der Waals surface area contributed by atoms with E-state index < -0.39 is 11.8 Å². The first-order chi connectivity index (χ1) is 13.7. The molecule has 28 heavy (non-hydrogen) atoms. The molecule has 7 nitrogen and oxygen atoms in total. The van der Waals surface area contributed by atoms with Crippen molar-refractivity contribution in [3.63, 3.8) is 0 Å². The zero-order valence-corrected chi connectivity index (χ0v) is 15.4. The van der Waals surface area contributed by atoms with E-state index in [4.69, 9.17) is 0 Å². The summed E-state index contributed by atoms with van der Waals surface area (Å²) in [5.41, 5.74) is 9.09. The second kappa shape index (κ2) is 7.85. The van der Waals surface area contributed by atoms with E-state index >= 15 is 0 Å². The predicted octanol–water partition coefficient (Wildman–Crippen LogP) is 3.07. The zero-order valence-electron chi connectivity index (χ0n) is 14.6. The van der Waals surface area contributed by atoms with Gasteiger partial charge in [0.2, 0.25) is 0 Å². The van der Waals surface area contributed by atoms with Crippen molar-refractivity contribution >= 4 is 23.2 Å². The summed E-state index contributed by atoms with van der Waals surface area (Å²) in [5.74, 6) is -0.948. The van der Waals surface area contributed by atoms with Gasteiger partial charge in [-0.15, -0.1) is 11.3 Å². The van der Waals surface area contributed by atoms with Gasteiger partial charge in [-0.2, -0.15) is 5.10 Å². The molecule has 0 saturated carbocycles. The van der Waals surface area contributed by atoms with Crippen LogP contribution in [0.25, 0.3) is 16.9 Å². The minimum Gasteiger partial charge on any atom is -0.267 e. The number of benzene rings is 2. The monoisotopic (exact) mass is 389 g/mol. The first kappa shape index (κ1) is 17.6. The molecule has 0 saturated heterocycles. The molecule has 4 aromatic rings. The summed E-state index contributed by atoms with van der Waals surface area (Å²) >= 11 is 1.30. The molecular formula is C20H15N5O2S. The highest BCUT2D eigenvalue weighted by molar-refractivity contribution is 7.07. The number of hydrazine groups is 1. The highest BCUT2D eigenvalue weighted by Crippen LogP contribution is 2.23. The van der Waals surface area contributed by atoms with E-state index in [-0.39, 0.29) is 5.69 Å². The number of aromatic nitrogens is 3. The summed E-state index contributed by atoms with van der Waals surface area (Å²) in [5, 5.41) is 6.18. The van der Waals surface area contributed by atoms with Gasteiger partial charge in [-0.3, -0.25) is 20.4 Å². The van der Waals surface area contributed by atoms with Crippen LogP contribution in [-0.4, -0.2) is 26.6 Å². The van der Waals surface area contributed by atoms with Gasteiger partial charge in [-0.25, -0.2) is 9.67 Å². The van der Waals surface area contributed by atoms with Crippen molar-refractivity contribution in [3.05, 3.63) is 89.0 Å². The molecule has 0 unspecified atom stereocenters. The number of hydrogen-bond donors (Lipinski definition) is 2. The molecule has 4 rings (SSSR count). The Morgan fingerprint density at radius 1 is 0.893 bits per heavy atom. The Hall–Kier alpha value is -3.78. The summed E-state index contributed by atoms with van der Waals surface area (Å²) < 4.78 is 1.64. The molecule has 2 aromatic carbocycles. The zero-order chi connectivity index (χ0) is 19.3. The van der Waals surface area contributed by atoms with E-state index in [0.717, 1.165) is 11.3 Å². The molecule has 0 radical (unpaired) electrons. The minimum atomic E-state index is -0.480. The third-order valence-corrected chi connectivity index (χ3v) is 4.57. The third kappa shape index (κ3) is 3.67. The lowest BCUT2D eigenvalue weighted by molar-refractivity contribution is 0.0844. The van der Waals surface area contributed by atoms with Gasteiger partial charge in [0.1, 0.15) is 11.4 Å². The van der Waals surface area contributed by atoms with Crippen LogP contribution in [0.1, 0.15) is 20.8 Å². The SMILES string of the molecule is O=C(NNC(=O)c1cn(-c2ccccc2)nc1-c1ccccc1)c1cscn1. The van der Waals surface area contributed by atoms with Gasteiger partial charge in [-0.05, 0) is 12.1 Å². The average molecular weight is 389 g/mol. The summed E-state index contributed by atoms with van der Waals surface area (Å²) in [7, 11) is 0. The highest BCUT2D eigenvalue weighted by atomic mass is 32.1. The van der Waals surface area contributed by atoms with Crippen LogP contribution in [0.3, 0.4) is 0 Å². The van der Waals surface area contributed by atoms with Gasteiger partial charge in [0, 0.05) is 17.1 Å². The van der Waals surface area contributed by atoms with Crippen molar-refractivity contribution in [2.75, 3.05) is 0 Å². The van der Waals surface area contributed by atoms with Gasteiger partial charge in [-0.1, -0.05) is 48.5 Å². The molecular weight excluding hydrogens is 374 g/mol. The molecule has 0 atom stereocenters. The van der Waals surface area contributed by atoms with Crippen LogP contribution in [0.2, 0.25) is 0 Å². The van der Waals surface area contributed by atoms with E-state index in [0.29, 0.717) is 11.3 Å². The maximum atomic E-state index is 12.8. The van der Waals surface area contributed by atoms with E-state index in [2.05, 4.69) is 20.9 Å². The lowest BCUT2D eigenvalue weighted by atomic mass is 10.1. The molecule has 8 heteroatoms. The molecule has 2 heterocycles. The van der Waals surface area contributed by atoms with Crippen molar-refractivity contribution in [2.24, 2.45) is 0 Å². The molecule has 2 amide bonds. The van der Waals surface area contributed by atoms with Crippen molar-refractivity contribution in [1.82, 2.24) is 25.6 Å². The van der Waals surface area contributed by atoms with Crippen molar-refractivity contribution < 1.29 is 9.59 Å². The molecule has 0 bridgehead atoms. The molecule has 0 aliphatic carbocycles. The third-order valence-electron chi connectivity index (χ3n) is 3.98. The van der Waals surface area contributed by atoms with Crippen LogP contribution in [0.15, 0.2) is 77.8 Å². The highest BCUT2D eigenvalue weighted by Gasteiger charge is 2.19. The van der Waals surface area contributed by atoms with Crippen LogP contribution in [0, 0.1) is 0 Å². The number of amides is 2. The van der Waals surface area contributed by atoms with E-state index in [1.807, 2.05) is 60.7 Å². The maximum absolute atomic E-state index is 12.8. The smallest absolute Gasteiger partial charge is 0.267 e. The number of nitrogens with zero attached hydrogens (tertiary/aromatic N) is 3. The van der Waals surface area contributed by atoms with Crippen LogP contribution < -0.4 is 10.9 Å². The lowest BCUT2D eigenvalue weighted by Gasteiger charge is -2.06. The molecule has 2 aromatic heterocycles.